The van der Waals surface area contributed by atoms with Gasteiger partial charge in [-0.05, 0) is 61.6 Å². The maximum atomic E-state index is 15.2. The molecule has 1 saturated heterocycles. The number of aryl methyl sites for hydroxylation is 1. The fraction of sp³-hybridized carbons (Fsp3) is 0.400. The van der Waals surface area contributed by atoms with Crippen molar-refractivity contribution in [2.75, 3.05) is 24.7 Å². The topological polar surface area (TPSA) is 123 Å². The molecule has 1 amide bonds. The lowest BCUT2D eigenvalue weighted by molar-refractivity contribution is -0.167. The Hall–Kier alpha value is -4.46. The van der Waals surface area contributed by atoms with Crippen molar-refractivity contribution < 1.29 is 37.0 Å². The van der Waals surface area contributed by atoms with E-state index in [4.69, 9.17) is 4.74 Å². The number of aliphatic carboxylic acids is 1. The smallest absolute Gasteiger partial charge is 0.411 e. The van der Waals surface area contributed by atoms with E-state index in [0.29, 0.717) is 29.7 Å². The van der Waals surface area contributed by atoms with Crippen molar-refractivity contribution in [1.29, 1.82) is 0 Å². The third kappa shape index (κ3) is 5.85. The Balaban J connectivity index is 1.34. The number of benzene rings is 2. The monoisotopic (exact) mass is 618 g/mol. The summed E-state index contributed by atoms with van der Waals surface area (Å²) in [4.78, 5) is 51.9. The Labute approximate surface area is 248 Å². The van der Waals surface area contributed by atoms with Crippen LogP contribution >= 0.6 is 0 Å². The van der Waals surface area contributed by atoms with Crippen molar-refractivity contribution in [3.05, 3.63) is 91.0 Å². The molecule has 0 radical (unpaired) electrons. The number of fused-ring (bicyclic) bond motifs is 1. The highest BCUT2D eigenvalue weighted by atomic mass is 19.4. The minimum Gasteiger partial charge on any atom is -0.480 e. The molecule has 0 saturated carbocycles. The summed E-state index contributed by atoms with van der Waals surface area (Å²) >= 11 is 0. The molecule has 2 aliphatic rings. The number of nitrogens with zero attached hydrogens (tertiary/aromatic N) is 3. The second-order valence-corrected chi connectivity index (χ2v) is 10.9. The molecule has 14 heteroatoms. The summed E-state index contributed by atoms with van der Waals surface area (Å²) in [7, 11) is 1.61. The highest BCUT2D eigenvalue weighted by molar-refractivity contribution is 5.98. The molecular weight excluding hydrogens is 588 g/mol. The van der Waals surface area contributed by atoms with Crippen LogP contribution in [0.1, 0.15) is 39.2 Å². The first-order chi connectivity index (χ1) is 20.8. The minimum atomic E-state index is -4.62. The fourth-order valence-corrected chi connectivity index (χ4v) is 5.85. The van der Waals surface area contributed by atoms with Gasteiger partial charge in [0.15, 0.2) is 0 Å². The lowest BCUT2D eigenvalue weighted by Crippen LogP contribution is -2.53. The van der Waals surface area contributed by atoms with Crippen LogP contribution in [0.15, 0.2) is 46.0 Å². The maximum Gasteiger partial charge on any atom is 0.411 e. The Morgan fingerprint density at radius 1 is 1.11 bits per heavy atom. The average Bonchev–Trinajstić information content (AvgIpc) is 3.46. The first-order valence-electron chi connectivity index (χ1n) is 14.0. The molecule has 2 atom stereocenters. The molecule has 3 aromatic rings. The van der Waals surface area contributed by atoms with Crippen LogP contribution in [-0.4, -0.2) is 64.1 Å². The average molecular weight is 619 g/mol. The first-order valence-corrected chi connectivity index (χ1v) is 14.0. The van der Waals surface area contributed by atoms with Gasteiger partial charge in [-0.25, -0.2) is 18.5 Å². The lowest BCUT2D eigenvalue weighted by Gasteiger charge is -2.38. The van der Waals surface area contributed by atoms with E-state index in [0.717, 1.165) is 27.6 Å². The summed E-state index contributed by atoms with van der Waals surface area (Å²) in [5.74, 6) is -3.54. The summed E-state index contributed by atoms with van der Waals surface area (Å²) in [5.41, 5.74) is 0.640. The first kappa shape index (κ1) is 31.0. The zero-order valence-corrected chi connectivity index (χ0v) is 23.9. The molecule has 2 aromatic carbocycles. The normalized spacial score (nSPS) is 17.3. The number of halogens is 4. The molecule has 1 aliphatic carbocycles. The number of carboxylic acids is 1. The van der Waals surface area contributed by atoms with Gasteiger partial charge in [0.2, 0.25) is 0 Å². The molecule has 0 spiro atoms. The summed E-state index contributed by atoms with van der Waals surface area (Å²) in [6.07, 6.45) is -2.83. The van der Waals surface area contributed by atoms with E-state index in [1.54, 1.807) is 7.05 Å². The Kier molecular flexibility index (Phi) is 8.38. The van der Waals surface area contributed by atoms with E-state index in [9.17, 15) is 37.5 Å². The molecule has 234 valence electrons. The van der Waals surface area contributed by atoms with Crippen molar-refractivity contribution in [2.24, 2.45) is 7.05 Å². The van der Waals surface area contributed by atoms with Crippen molar-refractivity contribution in [3.8, 4) is 5.69 Å². The van der Waals surface area contributed by atoms with Gasteiger partial charge in [-0.2, -0.15) is 13.2 Å². The molecule has 44 heavy (non-hydrogen) atoms. The summed E-state index contributed by atoms with van der Waals surface area (Å²) in [5, 5.41) is 12.1. The summed E-state index contributed by atoms with van der Waals surface area (Å²) in [6.45, 7) is 0.611. The summed E-state index contributed by atoms with van der Waals surface area (Å²) < 4.78 is 63.2. The zero-order chi connectivity index (χ0) is 31.9. The summed E-state index contributed by atoms with van der Waals surface area (Å²) in [6, 6.07) is 4.66. The van der Waals surface area contributed by atoms with E-state index >= 15 is 4.39 Å². The number of rotatable bonds is 7. The van der Waals surface area contributed by atoms with Crippen molar-refractivity contribution in [1.82, 2.24) is 14.5 Å². The maximum absolute atomic E-state index is 15.2. The molecule has 1 aliphatic heterocycles. The molecule has 2 unspecified atom stereocenters. The standard InChI is InChI=1S/C30H30F4N4O6/c1-16-12-19(37-10-11-44-15-24(37)30(32,33)34)14-21(31)25(16)26(39)35-22(28(41)42)13-17-6-8-18(9-7-17)38-27(40)20-4-3-5-23(20)36(2)29(38)43/h6-9,12,14,22,24H,3-5,10-11,13,15H2,1-2H3,(H,35,39)(H,41,42). The van der Waals surface area contributed by atoms with Crippen LogP contribution in [0.4, 0.5) is 23.2 Å². The van der Waals surface area contributed by atoms with E-state index in [1.165, 1.54) is 41.8 Å². The van der Waals surface area contributed by atoms with E-state index in [1.807, 2.05) is 0 Å². The second kappa shape index (κ2) is 11.9. The highest BCUT2D eigenvalue weighted by Gasteiger charge is 2.45. The van der Waals surface area contributed by atoms with Gasteiger partial charge >= 0.3 is 17.8 Å². The van der Waals surface area contributed by atoms with Gasteiger partial charge in [0.05, 0.1) is 24.5 Å². The molecule has 1 fully saturated rings. The minimum absolute atomic E-state index is 0.0114. The van der Waals surface area contributed by atoms with Crippen LogP contribution in [0.5, 0.6) is 0 Å². The fourth-order valence-electron chi connectivity index (χ4n) is 5.85. The van der Waals surface area contributed by atoms with Gasteiger partial charge < -0.3 is 24.6 Å². The second-order valence-electron chi connectivity index (χ2n) is 10.9. The number of anilines is 1. The number of amides is 1. The van der Waals surface area contributed by atoms with E-state index < -0.39 is 59.4 Å². The van der Waals surface area contributed by atoms with Crippen LogP contribution in [0.25, 0.3) is 5.69 Å². The van der Waals surface area contributed by atoms with Crippen LogP contribution in [0.3, 0.4) is 0 Å². The Morgan fingerprint density at radius 3 is 2.45 bits per heavy atom. The van der Waals surface area contributed by atoms with Gasteiger partial charge in [-0.15, -0.1) is 0 Å². The zero-order valence-electron chi connectivity index (χ0n) is 23.9. The number of carbonyl (C=O) groups excluding carboxylic acids is 1. The number of carbonyl (C=O) groups is 2. The van der Waals surface area contributed by atoms with Gasteiger partial charge in [0.1, 0.15) is 17.9 Å². The third-order valence-corrected chi connectivity index (χ3v) is 8.11. The van der Waals surface area contributed by atoms with Crippen LogP contribution in [0.2, 0.25) is 0 Å². The number of morpholine rings is 1. The van der Waals surface area contributed by atoms with E-state index in [-0.39, 0.29) is 30.8 Å². The number of nitrogens with one attached hydrogen (secondary N) is 1. The SMILES string of the molecule is Cc1cc(N2CCOCC2C(F)(F)F)cc(F)c1C(=O)NC(Cc1ccc(-n2c(=O)c3c(n(C)c2=O)CCC3)cc1)C(=O)O. The van der Waals surface area contributed by atoms with Crippen molar-refractivity contribution in [3.63, 3.8) is 0 Å². The number of alkyl halides is 3. The number of ether oxygens (including phenoxy) is 1. The van der Waals surface area contributed by atoms with Crippen LogP contribution < -0.4 is 21.5 Å². The van der Waals surface area contributed by atoms with Crippen molar-refractivity contribution >= 4 is 17.6 Å². The number of aromatic nitrogens is 2. The largest absolute Gasteiger partial charge is 0.480 e. The predicted molar refractivity (Wildman–Crippen MR) is 151 cm³/mol. The van der Waals surface area contributed by atoms with Gasteiger partial charge in [0, 0.05) is 37.0 Å². The van der Waals surface area contributed by atoms with Gasteiger partial charge in [-0.1, -0.05) is 12.1 Å². The molecule has 2 heterocycles. The molecule has 0 bridgehead atoms. The van der Waals surface area contributed by atoms with Crippen LogP contribution in [0, 0.1) is 12.7 Å². The quantitative estimate of drug-likeness (QED) is 0.391. The third-order valence-electron chi connectivity index (χ3n) is 8.11. The molecule has 1 aromatic heterocycles. The van der Waals surface area contributed by atoms with Crippen molar-refractivity contribution in [2.45, 2.75) is 50.9 Å². The van der Waals surface area contributed by atoms with E-state index in [2.05, 4.69) is 5.32 Å². The lowest BCUT2D eigenvalue weighted by atomic mass is 10.0. The molecule has 5 rings (SSSR count). The Bertz CT molecular complexity index is 1710. The predicted octanol–water partition coefficient (Wildman–Crippen LogP) is 2.67. The highest BCUT2D eigenvalue weighted by Crippen LogP contribution is 2.33. The Morgan fingerprint density at radius 2 is 1.82 bits per heavy atom. The van der Waals surface area contributed by atoms with Crippen LogP contribution in [-0.2, 0) is 35.8 Å². The molecule has 10 nitrogen and oxygen atoms in total. The number of carboxylic acid groups (broad SMARTS) is 1. The number of hydrogen-bond acceptors (Lipinski definition) is 6. The number of hydrogen-bond donors (Lipinski definition) is 2. The van der Waals surface area contributed by atoms with Gasteiger partial charge in [0.25, 0.3) is 11.5 Å². The van der Waals surface area contributed by atoms with Gasteiger partial charge in [-0.3, -0.25) is 9.59 Å². The molecular formula is C30H30F4N4O6. The molecule has 2 N–H and O–H groups in total.